The highest BCUT2D eigenvalue weighted by Gasteiger charge is 2.28. The lowest BCUT2D eigenvalue weighted by molar-refractivity contribution is 0.0996. The fraction of sp³-hybridized carbons (Fsp3) is 0.278. The van der Waals surface area contributed by atoms with Crippen molar-refractivity contribution in [3.8, 4) is 0 Å². The van der Waals surface area contributed by atoms with E-state index in [9.17, 15) is 4.79 Å². The summed E-state index contributed by atoms with van der Waals surface area (Å²) in [5, 5.41) is 0. The molecule has 0 spiro atoms. The van der Waals surface area contributed by atoms with Crippen molar-refractivity contribution in [1.29, 1.82) is 0 Å². The van der Waals surface area contributed by atoms with Gasteiger partial charge in [-0.2, -0.15) is 0 Å². The number of rotatable bonds is 1. The van der Waals surface area contributed by atoms with Crippen LogP contribution in [-0.4, -0.2) is 5.91 Å². The molecular weight excluding hydrogens is 260 g/mol. The average molecular weight is 284 g/mol. The second-order valence-electron chi connectivity index (χ2n) is 4.14. The van der Waals surface area contributed by atoms with Gasteiger partial charge in [0, 0.05) is 16.9 Å². The van der Waals surface area contributed by atoms with Crippen molar-refractivity contribution in [3.63, 3.8) is 0 Å². The zero-order valence-electron chi connectivity index (χ0n) is 13.3. The van der Waals surface area contributed by atoms with Gasteiger partial charge in [-0.05, 0) is 35.9 Å². The zero-order chi connectivity index (χ0) is 15.8. The van der Waals surface area contributed by atoms with Crippen LogP contribution in [0.4, 0.5) is 11.4 Å². The molecule has 1 aliphatic rings. The van der Waals surface area contributed by atoms with Crippen LogP contribution in [0.15, 0.2) is 48.5 Å². The molecule has 0 atom stereocenters. The van der Waals surface area contributed by atoms with Crippen LogP contribution in [0.3, 0.4) is 0 Å². The van der Waals surface area contributed by atoms with Crippen LogP contribution >= 0.6 is 0 Å². The third-order valence-corrected chi connectivity index (χ3v) is 3.00. The van der Waals surface area contributed by atoms with E-state index in [2.05, 4.69) is 0 Å². The number of nitrogens with two attached hydrogens (primary N) is 1. The van der Waals surface area contributed by atoms with Crippen molar-refractivity contribution in [2.75, 3.05) is 10.6 Å². The van der Waals surface area contributed by atoms with Gasteiger partial charge in [-0.1, -0.05) is 45.9 Å². The summed E-state index contributed by atoms with van der Waals surface area (Å²) in [6, 6.07) is 15.1. The molecule has 2 aromatic carbocycles. The van der Waals surface area contributed by atoms with Crippen LogP contribution in [-0.2, 0) is 6.54 Å². The predicted octanol–water partition coefficient (Wildman–Crippen LogP) is 4.48. The molecule has 0 radical (unpaired) electrons. The zero-order valence-corrected chi connectivity index (χ0v) is 13.3. The van der Waals surface area contributed by atoms with E-state index in [1.807, 2.05) is 64.1 Å². The van der Waals surface area contributed by atoms with Gasteiger partial charge in [0.05, 0.1) is 6.54 Å². The normalized spacial score (nSPS) is 11.8. The Kier molecular flexibility index (Phi) is 6.47. The molecule has 2 aromatic rings. The maximum Gasteiger partial charge on any atom is 0.258 e. The van der Waals surface area contributed by atoms with Gasteiger partial charge in [-0.25, -0.2) is 0 Å². The Morgan fingerprint density at radius 2 is 1.57 bits per heavy atom. The quantitative estimate of drug-likeness (QED) is 0.785. The number of hydrogen-bond donors (Lipinski definition) is 1. The van der Waals surface area contributed by atoms with Gasteiger partial charge in [-0.15, -0.1) is 0 Å². The van der Waals surface area contributed by atoms with E-state index >= 15 is 0 Å². The third-order valence-electron chi connectivity index (χ3n) is 3.00. The van der Waals surface area contributed by atoms with Gasteiger partial charge < -0.3 is 10.6 Å². The summed E-state index contributed by atoms with van der Waals surface area (Å²) in [6.07, 6.45) is 0. The van der Waals surface area contributed by atoms with Gasteiger partial charge in [0.1, 0.15) is 0 Å². The SMILES string of the molecule is CC.CC.Nc1ccc2c(c1)CN(c1ccccc1)C2=O. The Balaban J connectivity index is 0.000000510. The lowest BCUT2D eigenvalue weighted by atomic mass is 10.1. The van der Waals surface area contributed by atoms with Gasteiger partial charge >= 0.3 is 0 Å². The summed E-state index contributed by atoms with van der Waals surface area (Å²) in [5.41, 5.74) is 9.11. The minimum Gasteiger partial charge on any atom is -0.399 e. The Morgan fingerprint density at radius 1 is 0.952 bits per heavy atom. The highest BCUT2D eigenvalue weighted by atomic mass is 16.2. The number of hydrogen-bond acceptors (Lipinski definition) is 2. The molecule has 1 heterocycles. The fourth-order valence-corrected chi connectivity index (χ4v) is 2.16. The summed E-state index contributed by atoms with van der Waals surface area (Å²) in [6.45, 7) is 8.60. The van der Waals surface area contributed by atoms with Crippen molar-refractivity contribution < 1.29 is 4.79 Å². The van der Waals surface area contributed by atoms with E-state index in [0.29, 0.717) is 12.2 Å². The summed E-state index contributed by atoms with van der Waals surface area (Å²) < 4.78 is 0. The molecular formula is C18H24N2O. The molecule has 0 saturated carbocycles. The number of anilines is 2. The third kappa shape index (κ3) is 3.63. The van der Waals surface area contributed by atoms with Crippen LogP contribution in [0.25, 0.3) is 0 Å². The number of amides is 1. The second-order valence-corrected chi connectivity index (χ2v) is 4.14. The van der Waals surface area contributed by atoms with E-state index in [-0.39, 0.29) is 5.91 Å². The second kappa shape index (κ2) is 8.10. The van der Waals surface area contributed by atoms with E-state index in [0.717, 1.165) is 16.8 Å². The highest BCUT2D eigenvalue weighted by molar-refractivity contribution is 6.10. The first-order chi connectivity index (χ1) is 10.3. The molecule has 3 heteroatoms. The largest absolute Gasteiger partial charge is 0.399 e. The lowest BCUT2D eigenvalue weighted by Gasteiger charge is -2.15. The summed E-state index contributed by atoms with van der Waals surface area (Å²) in [5.74, 6) is 0.0474. The van der Waals surface area contributed by atoms with Crippen LogP contribution in [0.2, 0.25) is 0 Å². The van der Waals surface area contributed by atoms with Crippen molar-refractivity contribution in [1.82, 2.24) is 0 Å². The maximum absolute atomic E-state index is 12.2. The minimum atomic E-state index is 0.0474. The first-order valence-corrected chi connectivity index (χ1v) is 7.51. The molecule has 3 nitrogen and oxygen atoms in total. The van der Waals surface area contributed by atoms with Gasteiger partial charge in [0.15, 0.2) is 0 Å². The number of benzene rings is 2. The number of nitrogens with zero attached hydrogens (tertiary/aromatic N) is 1. The monoisotopic (exact) mass is 284 g/mol. The van der Waals surface area contributed by atoms with Crippen LogP contribution in [0, 0.1) is 0 Å². The first kappa shape index (κ1) is 16.8. The molecule has 1 aliphatic heterocycles. The standard InChI is InChI=1S/C14H12N2O.2C2H6/c15-11-6-7-13-10(8-11)9-16(14(13)17)12-4-2-1-3-5-12;2*1-2/h1-8H,9,15H2;2*1-2H3. The number of carbonyl (C=O) groups is 1. The fourth-order valence-electron chi connectivity index (χ4n) is 2.16. The molecule has 2 N–H and O–H groups in total. The van der Waals surface area contributed by atoms with Gasteiger partial charge in [-0.3, -0.25) is 4.79 Å². The Morgan fingerprint density at radius 3 is 2.19 bits per heavy atom. The molecule has 0 aromatic heterocycles. The smallest absolute Gasteiger partial charge is 0.258 e. The number of fused-ring (bicyclic) bond motifs is 1. The Labute approximate surface area is 127 Å². The first-order valence-electron chi connectivity index (χ1n) is 7.51. The molecule has 21 heavy (non-hydrogen) atoms. The molecule has 0 saturated heterocycles. The molecule has 0 fully saturated rings. The van der Waals surface area contributed by atoms with E-state index in [1.165, 1.54) is 0 Å². The molecule has 0 unspecified atom stereocenters. The van der Waals surface area contributed by atoms with Gasteiger partial charge in [0.25, 0.3) is 5.91 Å². The van der Waals surface area contributed by atoms with Crippen LogP contribution < -0.4 is 10.6 Å². The molecule has 112 valence electrons. The van der Waals surface area contributed by atoms with E-state index in [1.54, 1.807) is 17.0 Å². The molecule has 0 aliphatic carbocycles. The van der Waals surface area contributed by atoms with Crippen molar-refractivity contribution >= 4 is 17.3 Å². The molecule has 1 amide bonds. The number of nitrogen functional groups attached to an aromatic ring is 1. The van der Waals surface area contributed by atoms with Gasteiger partial charge in [0.2, 0.25) is 0 Å². The lowest BCUT2D eigenvalue weighted by Crippen LogP contribution is -2.22. The van der Waals surface area contributed by atoms with Crippen LogP contribution in [0.1, 0.15) is 43.6 Å². The minimum absolute atomic E-state index is 0.0474. The van der Waals surface area contributed by atoms with E-state index in [4.69, 9.17) is 5.73 Å². The van der Waals surface area contributed by atoms with Crippen molar-refractivity contribution in [2.24, 2.45) is 0 Å². The van der Waals surface area contributed by atoms with Crippen molar-refractivity contribution in [3.05, 3.63) is 59.7 Å². The number of carbonyl (C=O) groups excluding carboxylic acids is 1. The maximum atomic E-state index is 12.2. The molecule has 3 rings (SSSR count). The Hall–Kier alpha value is -2.29. The topological polar surface area (TPSA) is 46.3 Å². The highest BCUT2D eigenvalue weighted by Crippen LogP contribution is 2.29. The molecule has 0 bridgehead atoms. The predicted molar refractivity (Wildman–Crippen MR) is 90.5 cm³/mol. The summed E-state index contributed by atoms with van der Waals surface area (Å²) in [4.78, 5) is 14.0. The van der Waals surface area contributed by atoms with Crippen molar-refractivity contribution in [2.45, 2.75) is 34.2 Å². The summed E-state index contributed by atoms with van der Waals surface area (Å²) >= 11 is 0. The Bertz CT molecular complexity index is 579. The van der Waals surface area contributed by atoms with E-state index < -0.39 is 0 Å². The number of para-hydroxylation sites is 1. The summed E-state index contributed by atoms with van der Waals surface area (Å²) in [7, 11) is 0. The average Bonchev–Trinajstić information content (AvgIpc) is 2.88. The van der Waals surface area contributed by atoms with Crippen LogP contribution in [0.5, 0.6) is 0 Å².